The van der Waals surface area contributed by atoms with Crippen molar-refractivity contribution in [2.24, 2.45) is 22.2 Å². The van der Waals surface area contributed by atoms with Gasteiger partial charge in [0.05, 0.1) is 0 Å². The van der Waals surface area contributed by atoms with Gasteiger partial charge in [0.15, 0.2) is 0 Å². The third-order valence-electron chi connectivity index (χ3n) is 2.36. The smallest absolute Gasteiger partial charge is 0.106 e. The number of hydrogen-bond donors (Lipinski definition) is 1. The molecule has 2 nitrogen and oxygen atoms in total. The zero-order valence-corrected chi connectivity index (χ0v) is 9.91. The van der Waals surface area contributed by atoms with Crippen LogP contribution in [0.1, 0.15) is 34.6 Å². The maximum atomic E-state index is 6.82. The highest BCUT2D eigenvalue weighted by Gasteiger charge is 2.11. The summed E-state index contributed by atoms with van der Waals surface area (Å²) in [5, 5.41) is 6.82. The third-order valence-corrected chi connectivity index (χ3v) is 2.36. The van der Waals surface area contributed by atoms with Gasteiger partial charge in [-0.25, -0.2) is 4.99 Å². The van der Waals surface area contributed by atoms with Crippen LogP contribution < -0.4 is 0 Å². The minimum absolute atomic E-state index is 0.0549. The van der Waals surface area contributed by atoms with Crippen molar-refractivity contribution in [2.45, 2.75) is 34.6 Å². The van der Waals surface area contributed by atoms with Crippen molar-refractivity contribution in [1.29, 1.82) is 5.41 Å². The lowest BCUT2D eigenvalue weighted by molar-refractivity contribution is 0.499. The Bertz CT molecular complexity index is 224. The molecule has 80 valence electrons. The van der Waals surface area contributed by atoms with Crippen LogP contribution in [0, 0.1) is 22.7 Å². The van der Waals surface area contributed by atoms with Crippen LogP contribution in [-0.2, 0) is 0 Å². The first-order valence-corrected chi connectivity index (χ1v) is 5.11. The highest BCUT2D eigenvalue weighted by Crippen LogP contribution is 2.18. The van der Waals surface area contributed by atoms with Crippen LogP contribution in [0.3, 0.4) is 0 Å². The van der Waals surface area contributed by atoms with Crippen LogP contribution in [0.4, 0.5) is 0 Å². The molecule has 0 saturated carbocycles. The first kappa shape index (κ1) is 13.1. The zero-order chi connectivity index (χ0) is 11.2. The quantitative estimate of drug-likeness (QED) is 0.395. The van der Waals surface area contributed by atoms with Crippen LogP contribution in [0.15, 0.2) is 17.1 Å². The molecule has 0 aliphatic rings. The largest absolute Gasteiger partial charge is 0.290 e. The Kier molecular flexibility index (Phi) is 5.36. The lowest BCUT2D eigenvalue weighted by atomic mass is 9.90. The first-order valence-electron chi connectivity index (χ1n) is 5.11. The molecular weight excluding hydrogens is 172 g/mol. The molecule has 0 spiro atoms. The lowest BCUT2D eigenvalue weighted by Crippen LogP contribution is -2.10. The predicted octanol–water partition coefficient (Wildman–Crippen LogP) is 3.54. The average Bonchev–Trinajstić information content (AvgIpc) is 2.11. The number of nitrogens with zero attached hydrogens (tertiary/aromatic N) is 1. The lowest BCUT2D eigenvalue weighted by Gasteiger charge is -2.16. The van der Waals surface area contributed by atoms with Gasteiger partial charge in [-0.2, -0.15) is 0 Å². The number of rotatable bonds is 5. The van der Waals surface area contributed by atoms with E-state index < -0.39 is 0 Å². The van der Waals surface area contributed by atoms with Gasteiger partial charge in [0, 0.05) is 11.6 Å². The van der Waals surface area contributed by atoms with E-state index in [2.05, 4.69) is 51.8 Å². The van der Waals surface area contributed by atoms with Gasteiger partial charge in [0.2, 0.25) is 0 Å². The summed E-state index contributed by atoms with van der Waals surface area (Å²) in [5.74, 6) is 1.25. The molecule has 1 N–H and O–H groups in total. The fourth-order valence-corrected chi connectivity index (χ4v) is 0.894. The minimum atomic E-state index is -0.0549. The highest BCUT2D eigenvalue weighted by molar-refractivity contribution is 5.76. The van der Waals surface area contributed by atoms with Crippen LogP contribution in [0.5, 0.6) is 0 Å². The van der Waals surface area contributed by atoms with Crippen LogP contribution >= 0.6 is 0 Å². The second kappa shape index (κ2) is 5.74. The monoisotopic (exact) mass is 194 g/mol. The van der Waals surface area contributed by atoms with Gasteiger partial charge >= 0.3 is 0 Å². The molecule has 0 rings (SSSR count). The molecule has 0 saturated heterocycles. The maximum absolute atomic E-state index is 6.82. The summed E-state index contributed by atoms with van der Waals surface area (Å²) in [4.78, 5) is 3.83. The Balaban J connectivity index is 4.33. The van der Waals surface area contributed by atoms with Gasteiger partial charge < -0.3 is 0 Å². The molecule has 0 aromatic carbocycles. The van der Waals surface area contributed by atoms with E-state index in [9.17, 15) is 0 Å². The van der Waals surface area contributed by atoms with E-state index in [0.29, 0.717) is 11.8 Å². The average molecular weight is 194 g/mol. The predicted molar refractivity (Wildman–Crippen MR) is 64.2 cm³/mol. The topological polar surface area (TPSA) is 36.2 Å². The molecule has 0 radical (unpaired) electrons. The third kappa shape index (κ3) is 5.68. The van der Waals surface area contributed by atoms with Crippen molar-refractivity contribution in [3.05, 3.63) is 12.2 Å². The van der Waals surface area contributed by atoms with Gasteiger partial charge in [-0.1, -0.05) is 46.8 Å². The van der Waals surface area contributed by atoms with Gasteiger partial charge in [-0.05, 0) is 11.8 Å². The van der Waals surface area contributed by atoms with Crippen molar-refractivity contribution >= 4 is 12.6 Å². The molecule has 1 atom stereocenters. The Morgan fingerprint density at radius 2 is 1.79 bits per heavy atom. The van der Waals surface area contributed by atoms with Crippen LogP contribution in [-0.4, -0.2) is 12.6 Å². The minimum Gasteiger partial charge on any atom is -0.290 e. The SMILES string of the molecule is CC(C)C(C)/C=C\C(C)(C)C=NC=N. The summed E-state index contributed by atoms with van der Waals surface area (Å²) in [7, 11) is 0. The summed E-state index contributed by atoms with van der Waals surface area (Å²) in [6, 6.07) is 0. The fourth-order valence-electron chi connectivity index (χ4n) is 0.894. The van der Waals surface area contributed by atoms with E-state index in [4.69, 9.17) is 5.41 Å². The second-order valence-electron chi connectivity index (χ2n) is 4.69. The number of hydrogen-bond acceptors (Lipinski definition) is 1. The van der Waals surface area contributed by atoms with Gasteiger partial charge in [-0.3, -0.25) is 5.41 Å². The highest BCUT2D eigenvalue weighted by atomic mass is 14.7. The summed E-state index contributed by atoms with van der Waals surface area (Å²) in [6.07, 6.45) is 7.25. The zero-order valence-electron chi connectivity index (χ0n) is 9.91. The van der Waals surface area contributed by atoms with E-state index in [0.717, 1.165) is 6.34 Å². The number of aliphatic imine (C=N–C) groups is 1. The standard InChI is InChI=1S/C12H22N2/c1-10(2)11(3)6-7-12(4,5)8-14-9-13/h6-11,13H,1-5H3/b7-6-,13-9?,14-8?. The van der Waals surface area contributed by atoms with Crippen molar-refractivity contribution in [2.75, 3.05) is 0 Å². The molecule has 0 bridgehead atoms. The van der Waals surface area contributed by atoms with E-state index in [1.165, 1.54) is 0 Å². The summed E-state index contributed by atoms with van der Waals surface area (Å²) in [5.41, 5.74) is -0.0549. The van der Waals surface area contributed by atoms with Crippen molar-refractivity contribution in [3.63, 3.8) is 0 Å². The van der Waals surface area contributed by atoms with Crippen molar-refractivity contribution in [3.8, 4) is 0 Å². The first-order chi connectivity index (χ1) is 6.39. The molecule has 0 aromatic rings. The summed E-state index contributed by atoms with van der Waals surface area (Å²) >= 11 is 0. The number of allylic oxidation sites excluding steroid dienone is 2. The Hall–Kier alpha value is -0.920. The summed E-state index contributed by atoms with van der Waals surface area (Å²) < 4.78 is 0. The second-order valence-corrected chi connectivity index (χ2v) is 4.69. The molecule has 0 aliphatic heterocycles. The Labute approximate surface area is 87.6 Å². The molecule has 0 aromatic heterocycles. The Morgan fingerprint density at radius 3 is 2.21 bits per heavy atom. The van der Waals surface area contributed by atoms with Crippen LogP contribution in [0.25, 0.3) is 0 Å². The molecule has 0 fully saturated rings. The molecule has 14 heavy (non-hydrogen) atoms. The number of nitrogens with one attached hydrogen (secondary N) is 1. The molecule has 1 unspecified atom stereocenters. The fraction of sp³-hybridized carbons (Fsp3) is 0.667. The van der Waals surface area contributed by atoms with E-state index in [1.54, 1.807) is 6.21 Å². The van der Waals surface area contributed by atoms with Crippen LogP contribution in [0.2, 0.25) is 0 Å². The molecule has 0 heterocycles. The molecule has 0 amide bonds. The molecule has 0 aliphatic carbocycles. The van der Waals surface area contributed by atoms with Crippen molar-refractivity contribution in [1.82, 2.24) is 0 Å². The Morgan fingerprint density at radius 1 is 1.21 bits per heavy atom. The molecular formula is C12H22N2. The summed E-state index contributed by atoms with van der Waals surface area (Å²) in [6.45, 7) is 10.8. The van der Waals surface area contributed by atoms with Crippen molar-refractivity contribution < 1.29 is 0 Å². The maximum Gasteiger partial charge on any atom is 0.106 e. The van der Waals surface area contributed by atoms with Gasteiger partial charge in [-0.15, -0.1) is 0 Å². The van der Waals surface area contributed by atoms with Gasteiger partial charge in [0.25, 0.3) is 0 Å². The van der Waals surface area contributed by atoms with E-state index in [-0.39, 0.29) is 5.41 Å². The normalized spacial score (nSPS) is 15.6. The van der Waals surface area contributed by atoms with E-state index in [1.807, 2.05) is 0 Å². The van der Waals surface area contributed by atoms with Gasteiger partial charge in [0.1, 0.15) is 6.34 Å². The molecule has 2 heteroatoms. The van der Waals surface area contributed by atoms with E-state index >= 15 is 0 Å².